The van der Waals surface area contributed by atoms with Crippen molar-refractivity contribution in [2.24, 2.45) is 5.73 Å². The van der Waals surface area contributed by atoms with E-state index in [1.54, 1.807) is 7.11 Å². The number of halogens is 1. The number of hydrogen-bond donors (Lipinski definition) is 1. The second kappa shape index (κ2) is 6.61. The van der Waals surface area contributed by atoms with E-state index in [-0.39, 0.29) is 12.5 Å². The van der Waals surface area contributed by atoms with E-state index in [1.165, 1.54) is 0 Å². The summed E-state index contributed by atoms with van der Waals surface area (Å²) in [6.45, 7) is 3.70. The molecule has 0 spiro atoms. The van der Waals surface area contributed by atoms with Crippen LogP contribution in [0.5, 0.6) is 5.75 Å². The molecule has 0 aromatic heterocycles. The highest BCUT2D eigenvalue weighted by atomic mass is 79.9. The van der Waals surface area contributed by atoms with Gasteiger partial charge in [-0.15, -0.1) is 0 Å². The third-order valence-corrected chi connectivity index (χ3v) is 3.25. The number of amides is 1. The number of nitrogens with zero attached hydrogens (tertiary/aromatic N) is 1. The average molecular weight is 301 g/mol. The number of carbonyl (C=O) groups excluding carboxylic acids is 1. The minimum atomic E-state index is -0.314. The first-order chi connectivity index (χ1) is 8.06. The zero-order valence-electron chi connectivity index (χ0n) is 10.1. The monoisotopic (exact) mass is 300 g/mol. The van der Waals surface area contributed by atoms with Crippen LogP contribution in [0.3, 0.4) is 0 Å². The molecule has 0 saturated carbocycles. The van der Waals surface area contributed by atoms with Gasteiger partial charge in [-0.3, -0.25) is 9.69 Å². The zero-order chi connectivity index (χ0) is 12.8. The smallest absolute Gasteiger partial charge is 0.231 e. The lowest BCUT2D eigenvalue weighted by Crippen LogP contribution is -2.33. The predicted octanol–water partition coefficient (Wildman–Crippen LogP) is 1.76. The van der Waals surface area contributed by atoms with Gasteiger partial charge in [-0.2, -0.15) is 0 Å². The Morgan fingerprint density at radius 1 is 1.53 bits per heavy atom. The Morgan fingerprint density at radius 2 is 2.24 bits per heavy atom. The molecule has 0 aliphatic heterocycles. The minimum absolute atomic E-state index is 0.264. The lowest BCUT2D eigenvalue weighted by atomic mass is 10.2. The van der Waals surface area contributed by atoms with E-state index in [2.05, 4.69) is 15.9 Å². The predicted molar refractivity (Wildman–Crippen MR) is 70.8 cm³/mol. The fourth-order valence-electron chi connectivity index (χ4n) is 1.54. The molecule has 94 valence electrons. The lowest BCUT2D eigenvalue weighted by molar-refractivity contribution is -0.119. The van der Waals surface area contributed by atoms with Crippen LogP contribution >= 0.6 is 15.9 Å². The molecule has 1 aromatic rings. The van der Waals surface area contributed by atoms with Gasteiger partial charge in [-0.1, -0.05) is 22.9 Å². The summed E-state index contributed by atoms with van der Waals surface area (Å²) in [6, 6.07) is 5.78. The van der Waals surface area contributed by atoms with E-state index in [0.29, 0.717) is 6.54 Å². The number of hydrogen-bond acceptors (Lipinski definition) is 3. The zero-order valence-corrected chi connectivity index (χ0v) is 11.7. The molecule has 17 heavy (non-hydrogen) atoms. The van der Waals surface area contributed by atoms with Crippen molar-refractivity contribution >= 4 is 21.8 Å². The maximum Gasteiger partial charge on any atom is 0.231 e. The molecule has 0 aliphatic rings. The van der Waals surface area contributed by atoms with E-state index < -0.39 is 0 Å². The van der Waals surface area contributed by atoms with Crippen molar-refractivity contribution in [2.45, 2.75) is 13.5 Å². The molecule has 5 heteroatoms. The molecule has 1 rings (SSSR count). The SMILES string of the molecule is CCN(CC(N)=O)Cc1cc(OC)ccc1Br. The number of carbonyl (C=O) groups is 1. The Morgan fingerprint density at radius 3 is 2.76 bits per heavy atom. The summed E-state index contributed by atoms with van der Waals surface area (Å²) in [5.41, 5.74) is 6.28. The second-order valence-corrected chi connectivity index (χ2v) is 4.58. The quantitative estimate of drug-likeness (QED) is 0.871. The lowest BCUT2D eigenvalue weighted by Gasteiger charge is -2.19. The maximum atomic E-state index is 10.9. The molecular weight excluding hydrogens is 284 g/mol. The Bertz CT molecular complexity index is 396. The summed E-state index contributed by atoms with van der Waals surface area (Å²) in [6.07, 6.45) is 0. The first kappa shape index (κ1) is 14.0. The van der Waals surface area contributed by atoms with Crippen LogP contribution in [0, 0.1) is 0 Å². The molecule has 0 radical (unpaired) electrons. The molecule has 0 bridgehead atoms. The Hall–Kier alpha value is -1.07. The number of rotatable bonds is 6. The van der Waals surface area contributed by atoms with E-state index in [0.717, 1.165) is 22.3 Å². The highest BCUT2D eigenvalue weighted by Crippen LogP contribution is 2.23. The van der Waals surface area contributed by atoms with Gasteiger partial charge in [0.1, 0.15) is 5.75 Å². The van der Waals surface area contributed by atoms with Crippen molar-refractivity contribution in [3.05, 3.63) is 28.2 Å². The maximum absolute atomic E-state index is 10.9. The normalized spacial score (nSPS) is 10.6. The summed E-state index contributed by atoms with van der Waals surface area (Å²) < 4.78 is 6.18. The van der Waals surface area contributed by atoms with Crippen LogP contribution in [0.1, 0.15) is 12.5 Å². The third kappa shape index (κ3) is 4.36. The van der Waals surface area contributed by atoms with E-state index in [1.807, 2.05) is 30.0 Å². The number of benzene rings is 1. The Balaban J connectivity index is 2.80. The molecule has 0 aliphatic carbocycles. The van der Waals surface area contributed by atoms with Gasteiger partial charge in [0, 0.05) is 11.0 Å². The van der Waals surface area contributed by atoms with E-state index in [4.69, 9.17) is 10.5 Å². The molecule has 1 amide bonds. The van der Waals surface area contributed by atoms with Crippen LogP contribution in [0.25, 0.3) is 0 Å². The van der Waals surface area contributed by atoms with Gasteiger partial charge in [0.15, 0.2) is 0 Å². The van der Waals surface area contributed by atoms with Crippen LogP contribution in [-0.2, 0) is 11.3 Å². The second-order valence-electron chi connectivity index (χ2n) is 3.73. The third-order valence-electron chi connectivity index (χ3n) is 2.47. The highest BCUT2D eigenvalue weighted by Gasteiger charge is 2.10. The molecule has 0 fully saturated rings. The molecule has 4 nitrogen and oxygen atoms in total. The molecule has 0 atom stereocenters. The summed E-state index contributed by atoms with van der Waals surface area (Å²) in [5.74, 6) is 0.490. The Kier molecular flexibility index (Phi) is 5.44. The summed E-state index contributed by atoms with van der Waals surface area (Å²) in [5, 5.41) is 0. The molecule has 0 unspecified atom stereocenters. The van der Waals surface area contributed by atoms with E-state index in [9.17, 15) is 4.79 Å². The first-order valence-electron chi connectivity index (χ1n) is 5.40. The topological polar surface area (TPSA) is 55.6 Å². The molecular formula is C12H17BrN2O2. The van der Waals surface area contributed by atoms with Gasteiger partial charge in [0.2, 0.25) is 5.91 Å². The van der Waals surface area contributed by atoms with Gasteiger partial charge in [-0.05, 0) is 30.3 Å². The number of likely N-dealkylation sites (N-methyl/N-ethyl adjacent to an activating group) is 1. The summed E-state index contributed by atoms with van der Waals surface area (Å²) in [4.78, 5) is 12.9. The summed E-state index contributed by atoms with van der Waals surface area (Å²) in [7, 11) is 1.63. The van der Waals surface area contributed by atoms with Crippen LogP contribution < -0.4 is 10.5 Å². The van der Waals surface area contributed by atoms with Gasteiger partial charge >= 0.3 is 0 Å². The van der Waals surface area contributed by atoms with Gasteiger partial charge in [0.25, 0.3) is 0 Å². The first-order valence-corrected chi connectivity index (χ1v) is 6.19. The Labute approximate surface area is 110 Å². The fourth-order valence-corrected chi connectivity index (χ4v) is 1.91. The number of primary amides is 1. The van der Waals surface area contributed by atoms with Crippen molar-refractivity contribution in [2.75, 3.05) is 20.2 Å². The van der Waals surface area contributed by atoms with Gasteiger partial charge in [-0.25, -0.2) is 0 Å². The summed E-state index contributed by atoms with van der Waals surface area (Å²) >= 11 is 3.49. The van der Waals surface area contributed by atoms with Gasteiger partial charge in [0.05, 0.1) is 13.7 Å². The number of methoxy groups -OCH3 is 1. The van der Waals surface area contributed by atoms with Crippen molar-refractivity contribution in [1.29, 1.82) is 0 Å². The van der Waals surface area contributed by atoms with Crippen molar-refractivity contribution in [3.8, 4) is 5.75 Å². The molecule has 0 heterocycles. The van der Waals surface area contributed by atoms with Crippen LogP contribution in [0.4, 0.5) is 0 Å². The largest absolute Gasteiger partial charge is 0.497 e. The van der Waals surface area contributed by atoms with Crippen LogP contribution in [0.2, 0.25) is 0 Å². The van der Waals surface area contributed by atoms with Crippen LogP contribution in [0.15, 0.2) is 22.7 Å². The molecule has 2 N–H and O–H groups in total. The van der Waals surface area contributed by atoms with Gasteiger partial charge < -0.3 is 10.5 Å². The minimum Gasteiger partial charge on any atom is -0.497 e. The fraction of sp³-hybridized carbons (Fsp3) is 0.417. The van der Waals surface area contributed by atoms with Crippen LogP contribution in [-0.4, -0.2) is 31.0 Å². The number of nitrogens with two attached hydrogens (primary N) is 1. The number of ether oxygens (including phenoxy) is 1. The van der Waals surface area contributed by atoms with E-state index >= 15 is 0 Å². The average Bonchev–Trinajstić information content (AvgIpc) is 2.30. The van der Waals surface area contributed by atoms with Crippen molar-refractivity contribution < 1.29 is 9.53 Å². The van der Waals surface area contributed by atoms with Crippen molar-refractivity contribution in [1.82, 2.24) is 4.90 Å². The molecule has 0 saturated heterocycles. The highest BCUT2D eigenvalue weighted by molar-refractivity contribution is 9.10. The molecule has 1 aromatic carbocycles. The standard InChI is InChI=1S/C12H17BrN2O2/c1-3-15(8-12(14)16)7-9-6-10(17-2)4-5-11(9)13/h4-6H,3,7-8H2,1-2H3,(H2,14,16). The van der Waals surface area contributed by atoms with Crippen molar-refractivity contribution in [3.63, 3.8) is 0 Å².